The lowest BCUT2D eigenvalue weighted by Crippen LogP contribution is -2.51. The quantitative estimate of drug-likeness (QED) is 0.0617. The summed E-state index contributed by atoms with van der Waals surface area (Å²) in [6, 6.07) is -1.38. The van der Waals surface area contributed by atoms with Gasteiger partial charge in [-0.3, -0.25) is 43.0 Å². The molecule has 1 N–H and O–H groups in total. The van der Waals surface area contributed by atoms with Crippen molar-refractivity contribution in [3.05, 3.63) is 0 Å². The highest BCUT2D eigenvalue weighted by atomic mass is 31.2. The van der Waals surface area contributed by atoms with Gasteiger partial charge in [-0.15, -0.1) is 0 Å². The van der Waals surface area contributed by atoms with Gasteiger partial charge >= 0.3 is 39.1 Å². The lowest BCUT2D eigenvalue weighted by molar-refractivity contribution is -0.165. The molecule has 0 aliphatic heterocycles. The summed E-state index contributed by atoms with van der Waals surface area (Å²) in [7, 11) is -8.01. The molecule has 0 radical (unpaired) electrons. The second kappa shape index (κ2) is 22.3. The van der Waals surface area contributed by atoms with E-state index < -0.39 is 90.7 Å². The van der Waals surface area contributed by atoms with Crippen LogP contribution in [0.4, 0.5) is 0 Å². The third-order valence-corrected chi connectivity index (χ3v) is 11.6. The van der Waals surface area contributed by atoms with Crippen molar-refractivity contribution in [1.29, 1.82) is 0 Å². The molecule has 0 amide bonds. The number of hydrogen-bond acceptors (Lipinski definition) is 16. The van der Waals surface area contributed by atoms with Crippen LogP contribution < -0.4 is 0 Å². The molecule has 360 valence electrons. The zero-order chi connectivity index (χ0) is 48.4. The Labute approximate surface area is 367 Å². The molecular formula is C42H83N3O14P2. The maximum atomic E-state index is 14.6. The third-order valence-electron chi connectivity index (χ3n) is 6.84. The number of esters is 3. The average Bonchev–Trinajstić information content (AvgIpc) is 2.88. The molecule has 17 nitrogen and oxygen atoms in total. The molecule has 1 atom stereocenters. The topological polar surface area (TPSA) is 197 Å². The van der Waals surface area contributed by atoms with Crippen molar-refractivity contribution in [2.45, 2.75) is 197 Å². The van der Waals surface area contributed by atoms with Gasteiger partial charge in [0.1, 0.15) is 35.4 Å². The van der Waals surface area contributed by atoms with Crippen molar-refractivity contribution in [1.82, 2.24) is 14.7 Å². The molecule has 0 aliphatic carbocycles. The predicted molar refractivity (Wildman–Crippen MR) is 237 cm³/mol. The SMILES string of the molecule is CC(C)(C)OC(=O)CN(CCN(CCN(CC(=O)OC(C)(C)C)CP(=O)(OC(C)(C)C)OC(C)(C)C)[C@@H](CC(=O)O)C(=O)OC(C)(C)C)CP(=O)(OC(C)(C)C)OC(C)(C)C. The number of nitrogens with zero attached hydrogens (tertiary/aromatic N) is 3. The molecule has 0 aromatic rings. The van der Waals surface area contributed by atoms with Crippen LogP contribution in [-0.4, -0.2) is 141 Å². The number of carbonyl (C=O) groups is 4. The summed E-state index contributed by atoms with van der Waals surface area (Å²) in [5.74, 6) is -3.39. The summed E-state index contributed by atoms with van der Waals surface area (Å²) in [5.41, 5.74) is -6.37. The molecule has 61 heavy (non-hydrogen) atoms. The lowest BCUT2D eigenvalue weighted by Gasteiger charge is -2.38. The minimum Gasteiger partial charge on any atom is -0.481 e. The van der Waals surface area contributed by atoms with Gasteiger partial charge in [-0.25, -0.2) is 0 Å². The highest BCUT2D eigenvalue weighted by Crippen LogP contribution is 2.56. The van der Waals surface area contributed by atoms with E-state index in [1.165, 1.54) is 9.80 Å². The standard InChI is InChI=1S/C42H83N3O14P2/c1-36(2,3)53-33(48)27-43(29-60(51,56-39(10,11)12)57-40(13,14)15)22-24-45(31(26-32(46)47)35(50)55-38(7,8)9)25-23-44(28-34(49)54-37(4,5)6)30-61(52,58-41(16,17)18)59-42(19,20)21/h31H,22-30H2,1-21H3,(H,46,47)/t31-/m0/s1. The van der Waals surface area contributed by atoms with Gasteiger partial charge in [-0.2, -0.15) is 0 Å². The van der Waals surface area contributed by atoms with Crippen molar-refractivity contribution in [3.63, 3.8) is 0 Å². The number of aliphatic carboxylic acids is 1. The van der Waals surface area contributed by atoms with Gasteiger partial charge < -0.3 is 37.4 Å². The second-order valence-electron chi connectivity index (χ2n) is 22.3. The minimum atomic E-state index is -4.01. The van der Waals surface area contributed by atoms with Gasteiger partial charge in [0.15, 0.2) is 0 Å². The van der Waals surface area contributed by atoms with Gasteiger partial charge in [-0.1, -0.05) is 0 Å². The van der Waals surface area contributed by atoms with E-state index in [-0.39, 0.29) is 51.8 Å². The first-order chi connectivity index (χ1) is 26.8. The van der Waals surface area contributed by atoms with Crippen LogP contribution in [0.5, 0.6) is 0 Å². The van der Waals surface area contributed by atoms with Gasteiger partial charge in [-0.05, 0) is 145 Å². The van der Waals surface area contributed by atoms with Crippen molar-refractivity contribution < 1.29 is 65.7 Å². The van der Waals surface area contributed by atoms with Crippen LogP contribution >= 0.6 is 15.2 Å². The Hall–Kier alpha value is -1.94. The van der Waals surface area contributed by atoms with E-state index in [2.05, 4.69) is 0 Å². The highest BCUT2D eigenvalue weighted by molar-refractivity contribution is 7.54. The number of rotatable bonds is 22. The van der Waals surface area contributed by atoms with Crippen LogP contribution in [0.25, 0.3) is 0 Å². The summed E-state index contributed by atoms with van der Waals surface area (Å²) in [6.45, 7) is 34.9. The molecule has 0 saturated heterocycles. The smallest absolute Gasteiger partial charge is 0.345 e. The fraction of sp³-hybridized carbons (Fsp3) is 0.905. The molecule has 0 aromatic heterocycles. The first-order valence-electron chi connectivity index (χ1n) is 20.9. The molecule has 0 saturated carbocycles. The largest absolute Gasteiger partial charge is 0.481 e. The van der Waals surface area contributed by atoms with Crippen LogP contribution in [0.1, 0.15) is 152 Å². The van der Waals surface area contributed by atoms with E-state index in [0.29, 0.717) is 0 Å². The Morgan fingerprint density at radius 3 is 0.967 bits per heavy atom. The van der Waals surface area contributed by atoms with E-state index >= 15 is 0 Å². The van der Waals surface area contributed by atoms with E-state index in [4.69, 9.17) is 32.3 Å². The third kappa shape index (κ3) is 30.7. The molecule has 0 heterocycles. The van der Waals surface area contributed by atoms with E-state index in [0.717, 1.165) is 0 Å². The molecule has 0 rings (SSSR count). The maximum Gasteiger partial charge on any atom is 0.345 e. The summed E-state index contributed by atoms with van der Waals surface area (Å²) in [5, 5.41) is 10.1. The molecule has 0 unspecified atom stereocenters. The minimum absolute atomic E-state index is 0.0754. The Balaban J connectivity index is 7.52. The van der Waals surface area contributed by atoms with Crippen molar-refractivity contribution >= 4 is 39.1 Å². The maximum absolute atomic E-state index is 14.6. The highest BCUT2D eigenvalue weighted by Gasteiger charge is 2.41. The van der Waals surface area contributed by atoms with Gasteiger partial charge in [0.2, 0.25) is 0 Å². The Bertz CT molecular complexity index is 1410. The summed E-state index contributed by atoms with van der Waals surface area (Å²) in [6.07, 6.45) is -1.41. The fourth-order valence-electron chi connectivity index (χ4n) is 5.68. The van der Waals surface area contributed by atoms with E-state index in [1.807, 2.05) is 0 Å². The van der Waals surface area contributed by atoms with E-state index in [1.54, 1.807) is 150 Å². The molecular weight excluding hydrogens is 832 g/mol. The lowest BCUT2D eigenvalue weighted by atomic mass is 10.1. The number of carboxylic acids is 1. The van der Waals surface area contributed by atoms with Gasteiger partial charge in [0.05, 0.1) is 41.9 Å². The van der Waals surface area contributed by atoms with Crippen LogP contribution in [0, 0.1) is 0 Å². The Morgan fingerprint density at radius 1 is 0.459 bits per heavy atom. The normalized spacial score (nSPS) is 14.7. The second-order valence-corrected chi connectivity index (χ2v) is 26.0. The number of hydrogen-bond donors (Lipinski definition) is 1. The first-order valence-corrected chi connectivity index (χ1v) is 24.3. The van der Waals surface area contributed by atoms with E-state index in [9.17, 15) is 33.4 Å². The molecule has 0 spiro atoms. The monoisotopic (exact) mass is 916 g/mol. The van der Waals surface area contributed by atoms with Crippen LogP contribution in [0.15, 0.2) is 0 Å². The van der Waals surface area contributed by atoms with Crippen molar-refractivity contribution in [2.75, 3.05) is 51.8 Å². The first kappa shape index (κ1) is 59.1. The predicted octanol–water partition coefficient (Wildman–Crippen LogP) is 8.32. The summed E-state index contributed by atoms with van der Waals surface area (Å²) >= 11 is 0. The van der Waals surface area contributed by atoms with Crippen molar-refractivity contribution in [3.8, 4) is 0 Å². The van der Waals surface area contributed by atoms with Crippen LogP contribution in [0.3, 0.4) is 0 Å². The Morgan fingerprint density at radius 2 is 0.738 bits per heavy atom. The van der Waals surface area contributed by atoms with Crippen LogP contribution in [-0.2, 0) is 60.6 Å². The molecule has 0 aliphatic rings. The zero-order valence-electron chi connectivity index (χ0n) is 41.4. The number of carbonyl (C=O) groups excluding carboxylic acids is 3. The van der Waals surface area contributed by atoms with Gasteiger partial charge in [0.25, 0.3) is 0 Å². The number of carboxylic acid groups (broad SMARTS) is 1. The average molecular weight is 916 g/mol. The summed E-state index contributed by atoms with van der Waals surface area (Å²) in [4.78, 5) is 57.6. The summed E-state index contributed by atoms with van der Waals surface area (Å²) < 4.78 is 70.3. The molecule has 0 fully saturated rings. The van der Waals surface area contributed by atoms with Crippen LogP contribution in [0.2, 0.25) is 0 Å². The Kier molecular flexibility index (Phi) is 21.6. The zero-order valence-corrected chi connectivity index (χ0v) is 43.2. The van der Waals surface area contributed by atoms with Gasteiger partial charge in [0, 0.05) is 26.2 Å². The number of ether oxygens (including phenoxy) is 3. The molecule has 0 aromatic carbocycles. The fourth-order valence-corrected chi connectivity index (χ4v) is 10.8. The van der Waals surface area contributed by atoms with Crippen molar-refractivity contribution in [2.24, 2.45) is 0 Å². The molecule has 19 heteroatoms. The molecule has 0 bridgehead atoms.